The van der Waals surface area contributed by atoms with Gasteiger partial charge in [0.15, 0.2) is 5.78 Å². The standard InChI is InChI=1S/C48H73ClN2O6/c1-29(2)40-34(52)24-48(37(53)28-51(12)27-30-13-14-32(49)23-31(30)26-50(10)11)22-21-46(8)33(41(40)48)15-16-36-45(7)19-18-38(57-39(54)25-43(3,4)42(55)56)44(5,6)35(45)17-20-47(36,46)9/h13-14,23,29,33,35-38,53H,15-22,24-28H2,1-12H3,(H,55,56)/t33-,35+,36-,37?,38+,45+,46-,47-,48+/m1/s1. The minimum Gasteiger partial charge on any atom is -0.481 e. The molecule has 0 radical (unpaired) electrons. The Morgan fingerprint density at radius 3 is 2.23 bits per heavy atom. The van der Waals surface area contributed by atoms with Gasteiger partial charge in [0, 0.05) is 41.9 Å². The van der Waals surface area contributed by atoms with Gasteiger partial charge in [-0.05, 0) is 155 Å². The van der Waals surface area contributed by atoms with Gasteiger partial charge in [-0.3, -0.25) is 19.3 Å². The van der Waals surface area contributed by atoms with Crippen LogP contribution in [0, 0.1) is 56.2 Å². The van der Waals surface area contributed by atoms with E-state index < -0.39 is 28.9 Å². The average Bonchev–Trinajstić information content (AvgIpc) is 3.40. The number of aliphatic carboxylic acids is 1. The SMILES string of the molecule is CC(C)C1=C2[C@H]3CC[C@@H]4[C@@]5(C)CC[C@H](OC(=O)CC(C)(C)C(=O)O)C(C)(C)[C@@H]5CC[C@@]4(C)[C@]3(C)CC[C@@]2(C(O)CN(C)Cc2ccc(Cl)cc2CN(C)C)CC1=O. The van der Waals surface area contributed by atoms with Crippen LogP contribution in [-0.4, -0.2) is 77.6 Å². The van der Waals surface area contributed by atoms with Gasteiger partial charge in [-0.25, -0.2) is 0 Å². The van der Waals surface area contributed by atoms with E-state index in [2.05, 4.69) is 85.5 Å². The molecule has 0 amide bonds. The van der Waals surface area contributed by atoms with Crippen LogP contribution in [0.15, 0.2) is 29.3 Å². The van der Waals surface area contributed by atoms with E-state index in [0.29, 0.717) is 31.3 Å². The maximum atomic E-state index is 14.3. The monoisotopic (exact) mass is 809 g/mol. The lowest BCUT2D eigenvalue weighted by molar-refractivity contribution is -0.235. The van der Waals surface area contributed by atoms with Crippen LogP contribution in [-0.2, 0) is 32.2 Å². The second-order valence-electron chi connectivity index (χ2n) is 21.9. The molecule has 0 bridgehead atoms. The number of hydrogen-bond donors (Lipinski definition) is 2. The Balaban J connectivity index is 1.26. The highest BCUT2D eigenvalue weighted by Crippen LogP contribution is 2.77. The van der Waals surface area contributed by atoms with E-state index in [9.17, 15) is 24.6 Å². The third kappa shape index (κ3) is 7.37. The molecule has 2 N–H and O–H groups in total. The predicted molar refractivity (Wildman–Crippen MR) is 227 cm³/mol. The first-order chi connectivity index (χ1) is 26.3. The van der Waals surface area contributed by atoms with Gasteiger partial charge in [0.1, 0.15) is 6.10 Å². The third-order valence-corrected chi connectivity index (χ3v) is 17.3. The smallest absolute Gasteiger partial charge is 0.309 e. The Labute approximate surface area is 348 Å². The van der Waals surface area contributed by atoms with Crippen LogP contribution in [0.3, 0.4) is 0 Å². The minimum absolute atomic E-state index is 0.0284. The van der Waals surface area contributed by atoms with Gasteiger partial charge >= 0.3 is 11.9 Å². The number of allylic oxidation sites excluding steroid dienone is 1. The van der Waals surface area contributed by atoms with Crippen LogP contribution < -0.4 is 0 Å². The van der Waals surface area contributed by atoms with Crippen LogP contribution in [0.1, 0.15) is 138 Å². The fourth-order valence-electron chi connectivity index (χ4n) is 14.0. The lowest BCUT2D eigenvalue weighted by Crippen LogP contribution is -2.66. The lowest BCUT2D eigenvalue weighted by Gasteiger charge is -2.72. The largest absolute Gasteiger partial charge is 0.481 e. The first kappa shape index (κ1) is 44.3. The van der Waals surface area contributed by atoms with E-state index in [1.165, 1.54) is 16.7 Å². The molecule has 0 aromatic heterocycles. The van der Waals surface area contributed by atoms with Crippen molar-refractivity contribution < 1.29 is 29.3 Å². The topological polar surface area (TPSA) is 107 Å². The summed E-state index contributed by atoms with van der Waals surface area (Å²) < 4.78 is 6.19. The van der Waals surface area contributed by atoms with Gasteiger partial charge in [0.25, 0.3) is 0 Å². The van der Waals surface area contributed by atoms with Gasteiger partial charge in [0.05, 0.1) is 17.9 Å². The van der Waals surface area contributed by atoms with Crippen molar-refractivity contribution >= 4 is 29.3 Å². The molecule has 9 heteroatoms. The van der Waals surface area contributed by atoms with Crippen LogP contribution in [0.2, 0.25) is 5.02 Å². The van der Waals surface area contributed by atoms with Gasteiger partial charge in [-0.2, -0.15) is 0 Å². The zero-order chi connectivity index (χ0) is 42.3. The second-order valence-corrected chi connectivity index (χ2v) is 22.4. The molecule has 0 saturated heterocycles. The summed E-state index contributed by atoms with van der Waals surface area (Å²) in [4.78, 5) is 43.6. The number of ketones is 1. The van der Waals surface area contributed by atoms with E-state index in [4.69, 9.17) is 16.3 Å². The van der Waals surface area contributed by atoms with Crippen LogP contribution >= 0.6 is 11.6 Å². The number of halogens is 1. The first-order valence-corrected chi connectivity index (χ1v) is 22.2. The van der Waals surface area contributed by atoms with Crippen molar-refractivity contribution in [1.82, 2.24) is 9.80 Å². The van der Waals surface area contributed by atoms with E-state index in [1.807, 2.05) is 12.1 Å². The summed E-state index contributed by atoms with van der Waals surface area (Å²) in [5.74, 6) is 0.00261. The molecule has 5 aliphatic carbocycles. The highest BCUT2D eigenvalue weighted by atomic mass is 35.5. The zero-order valence-electron chi connectivity index (χ0n) is 37.2. The molecular weight excluding hydrogens is 736 g/mol. The number of carbonyl (C=O) groups excluding carboxylic acids is 2. The highest BCUT2D eigenvalue weighted by molar-refractivity contribution is 6.30. The molecular formula is C48H73ClN2O6. The summed E-state index contributed by atoms with van der Waals surface area (Å²) in [6, 6.07) is 6.10. The number of fused-ring (bicyclic) bond motifs is 7. The molecule has 8 nitrogen and oxygen atoms in total. The predicted octanol–water partition coefficient (Wildman–Crippen LogP) is 9.59. The number of rotatable bonds is 12. The normalized spacial score (nSPS) is 35.5. The molecule has 1 aromatic rings. The van der Waals surface area contributed by atoms with E-state index in [0.717, 1.165) is 68.5 Å². The summed E-state index contributed by atoms with van der Waals surface area (Å²) in [5, 5.41) is 22.9. The molecule has 6 rings (SSSR count). The first-order valence-electron chi connectivity index (χ1n) is 21.8. The number of Topliss-reactive ketones (excluding diaryl/α,β-unsaturated/α-hetero) is 1. The average molecular weight is 810 g/mol. The van der Waals surface area contributed by atoms with Crippen molar-refractivity contribution in [2.24, 2.45) is 56.2 Å². The van der Waals surface area contributed by atoms with Crippen molar-refractivity contribution in [2.45, 2.75) is 152 Å². The Morgan fingerprint density at radius 1 is 0.912 bits per heavy atom. The van der Waals surface area contributed by atoms with E-state index in [-0.39, 0.29) is 51.8 Å². The Bertz CT molecular complexity index is 1780. The molecule has 0 spiro atoms. The number of carboxylic acids is 1. The van der Waals surface area contributed by atoms with Crippen molar-refractivity contribution in [2.75, 3.05) is 27.7 Å². The van der Waals surface area contributed by atoms with Crippen LogP contribution in [0.4, 0.5) is 0 Å². The number of aliphatic hydroxyl groups is 1. The van der Waals surface area contributed by atoms with Gasteiger partial charge in [-0.15, -0.1) is 0 Å². The number of benzene rings is 1. The highest BCUT2D eigenvalue weighted by Gasteiger charge is 2.70. The molecule has 9 atom stereocenters. The molecule has 318 valence electrons. The van der Waals surface area contributed by atoms with Crippen molar-refractivity contribution in [3.63, 3.8) is 0 Å². The second kappa shape index (κ2) is 15.3. The lowest BCUT2D eigenvalue weighted by atomic mass is 9.33. The molecule has 5 aliphatic rings. The van der Waals surface area contributed by atoms with Crippen molar-refractivity contribution in [3.05, 3.63) is 45.5 Å². The number of esters is 1. The van der Waals surface area contributed by atoms with Gasteiger partial charge in [0.2, 0.25) is 0 Å². The van der Waals surface area contributed by atoms with Crippen LogP contribution in [0.5, 0.6) is 0 Å². The van der Waals surface area contributed by atoms with Crippen molar-refractivity contribution in [3.8, 4) is 0 Å². The summed E-state index contributed by atoms with van der Waals surface area (Å²) in [7, 11) is 6.21. The minimum atomic E-state index is -1.17. The molecule has 0 aliphatic heterocycles. The number of hydrogen-bond acceptors (Lipinski definition) is 7. The molecule has 4 fully saturated rings. The number of nitrogens with zero attached hydrogens (tertiary/aromatic N) is 2. The maximum Gasteiger partial charge on any atom is 0.309 e. The molecule has 0 heterocycles. The quantitative estimate of drug-likeness (QED) is 0.201. The molecule has 1 aromatic carbocycles. The maximum absolute atomic E-state index is 14.3. The number of carbonyl (C=O) groups is 3. The Kier molecular flexibility index (Phi) is 11.9. The summed E-state index contributed by atoms with van der Waals surface area (Å²) in [6.07, 6.45) is 7.13. The summed E-state index contributed by atoms with van der Waals surface area (Å²) in [6.45, 7) is 21.7. The zero-order valence-corrected chi connectivity index (χ0v) is 37.9. The Morgan fingerprint density at radius 2 is 1.60 bits per heavy atom. The summed E-state index contributed by atoms with van der Waals surface area (Å²) >= 11 is 6.42. The van der Waals surface area contributed by atoms with Gasteiger partial charge in [-0.1, -0.05) is 71.7 Å². The molecule has 1 unspecified atom stereocenters. The number of likely N-dealkylation sites (N-methyl/N-ethyl adjacent to an activating group) is 1. The van der Waals surface area contributed by atoms with E-state index >= 15 is 0 Å². The van der Waals surface area contributed by atoms with Gasteiger partial charge < -0.3 is 19.8 Å². The summed E-state index contributed by atoms with van der Waals surface area (Å²) in [5.41, 5.74) is 2.77. The number of ether oxygens (including phenoxy) is 1. The number of carboxylic acid groups (broad SMARTS) is 1. The van der Waals surface area contributed by atoms with Crippen LogP contribution in [0.25, 0.3) is 0 Å². The third-order valence-electron chi connectivity index (χ3n) is 17.1. The Hall–Kier alpha value is -2.26. The molecule has 4 saturated carbocycles. The fourth-order valence-corrected chi connectivity index (χ4v) is 14.2. The molecule has 57 heavy (non-hydrogen) atoms. The number of aliphatic hydroxyl groups excluding tert-OH is 1. The fraction of sp³-hybridized carbons (Fsp3) is 0.771. The van der Waals surface area contributed by atoms with Crippen molar-refractivity contribution in [1.29, 1.82) is 0 Å². The van der Waals surface area contributed by atoms with E-state index in [1.54, 1.807) is 13.8 Å².